The molecule has 5 heteroatoms. The van der Waals surface area contributed by atoms with Crippen molar-refractivity contribution < 1.29 is 23.0 Å². The summed E-state index contributed by atoms with van der Waals surface area (Å²) >= 11 is 0. The van der Waals surface area contributed by atoms with Crippen LogP contribution in [0, 0.1) is 11.8 Å². The Kier molecular flexibility index (Phi) is 10.0. The number of para-hydroxylation sites is 1. The van der Waals surface area contributed by atoms with E-state index in [1.807, 2.05) is 19.9 Å². The SMILES string of the molecule is CC(C)OC(=O)CCC/C=C\C[C@H]1CCC[C@@H]1/C=C/C(F)(F)COc1ccccc1. The van der Waals surface area contributed by atoms with Gasteiger partial charge in [0.15, 0.2) is 6.61 Å². The quantitative estimate of drug-likeness (QED) is 0.213. The second-order valence-corrected chi connectivity index (χ2v) is 8.21. The van der Waals surface area contributed by atoms with Crippen molar-refractivity contribution in [3.63, 3.8) is 0 Å². The van der Waals surface area contributed by atoms with Gasteiger partial charge in [-0.15, -0.1) is 0 Å². The molecule has 1 fully saturated rings. The van der Waals surface area contributed by atoms with Crippen molar-refractivity contribution in [2.75, 3.05) is 6.61 Å². The fourth-order valence-electron chi connectivity index (χ4n) is 3.70. The predicted molar refractivity (Wildman–Crippen MR) is 116 cm³/mol. The van der Waals surface area contributed by atoms with Gasteiger partial charge in [-0.25, -0.2) is 0 Å². The highest BCUT2D eigenvalue weighted by atomic mass is 19.3. The van der Waals surface area contributed by atoms with Gasteiger partial charge in [-0.1, -0.05) is 42.8 Å². The lowest BCUT2D eigenvalue weighted by molar-refractivity contribution is -0.147. The fraction of sp³-hybridized carbons (Fsp3) is 0.560. The standard InChI is InChI=1S/C25H34F2O3/c1-20(2)30-24(28)16-9-4-3-6-11-21-12-10-13-22(21)17-18-25(26,27)19-29-23-14-7-5-8-15-23/h3,5-8,14-15,17-18,20-22H,4,9-13,16,19H2,1-2H3/b6-3-,18-17+/t21-,22+/m0/s1. The van der Waals surface area contributed by atoms with E-state index >= 15 is 0 Å². The first-order valence-corrected chi connectivity index (χ1v) is 11.0. The van der Waals surface area contributed by atoms with Gasteiger partial charge in [-0.3, -0.25) is 4.79 Å². The second-order valence-electron chi connectivity index (χ2n) is 8.21. The van der Waals surface area contributed by atoms with Crippen LogP contribution >= 0.6 is 0 Å². The van der Waals surface area contributed by atoms with Gasteiger partial charge in [0, 0.05) is 6.42 Å². The Hall–Kier alpha value is -2.17. The molecule has 2 atom stereocenters. The predicted octanol–water partition coefficient (Wildman–Crippen LogP) is 6.74. The van der Waals surface area contributed by atoms with E-state index in [-0.39, 0.29) is 18.0 Å². The van der Waals surface area contributed by atoms with Crippen LogP contribution in [0.3, 0.4) is 0 Å². The summed E-state index contributed by atoms with van der Waals surface area (Å²) in [5.74, 6) is -2.11. The summed E-state index contributed by atoms with van der Waals surface area (Å²) in [7, 11) is 0. The van der Waals surface area contributed by atoms with E-state index in [1.54, 1.807) is 30.3 Å². The molecule has 30 heavy (non-hydrogen) atoms. The number of benzene rings is 1. The maximum absolute atomic E-state index is 14.2. The molecule has 1 aliphatic rings. The number of halogens is 2. The number of alkyl halides is 2. The lowest BCUT2D eigenvalue weighted by Gasteiger charge is -2.17. The number of ether oxygens (including phenoxy) is 2. The zero-order valence-electron chi connectivity index (χ0n) is 18.1. The molecular formula is C25H34F2O3. The van der Waals surface area contributed by atoms with Gasteiger partial charge in [0.2, 0.25) is 0 Å². The third-order valence-corrected chi connectivity index (χ3v) is 5.20. The van der Waals surface area contributed by atoms with Gasteiger partial charge in [0.25, 0.3) is 5.92 Å². The van der Waals surface area contributed by atoms with Crippen LogP contribution in [0.1, 0.15) is 58.8 Å². The van der Waals surface area contributed by atoms with Gasteiger partial charge < -0.3 is 9.47 Å². The highest BCUT2D eigenvalue weighted by Crippen LogP contribution is 2.36. The fourth-order valence-corrected chi connectivity index (χ4v) is 3.70. The largest absolute Gasteiger partial charge is 0.487 e. The first-order chi connectivity index (χ1) is 14.4. The summed E-state index contributed by atoms with van der Waals surface area (Å²) in [6.07, 6.45) is 12.8. The molecule has 0 amide bonds. The first kappa shape index (κ1) is 24.1. The Balaban J connectivity index is 1.70. The summed E-state index contributed by atoms with van der Waals surface area (Å²) in [4.78, 5) is 11.5. The third-order valence-electron chi connectivity index (χ3n) is 5.20. The van der Waals surface area contributed by atoms with Crippen LogP contribution in [0.5, 0.6) is 5.75 Å². The Morgan fingerprint density at radius 2 is 1.97 bits per heavy atom. The van der Waals surface area contributed by atoms with Crippen LogP contribution in [0.4, 0.5) is 8.78 Å². The molecule has 0 bridgehead atoms. The maximum atomic E-state index is 14.2. The summed E-state index contributed by atoms with van der Waals surface area (Å²) in [6, 6.07) is 8.69. The average molecular weight is 421 g/mol. The van der Waals surface area contributed by atoms with Crippen LogP contribution < -0.4 is 4.74 Å². The highest BCUT2D eigenvalue weighted by Gasteiger charge is 2.29. The monoisotopic (exact) mass is 420 g/mol. The molecule has 0 radical (unpaired) electrons. The number of hydrogen-bond donors (Lipinski definition) is 0. The van der Waals surface area contributed by atoms with E-state index < -0.39 is 12.5 Å². The van der Waals surface area contributed by atoms with E-state index in [4.69, 9.17) is 9.47 Å². The minimum absolute atomic E-state index is 0.0716. The zero-order chi connectivity index (χ0) is 21.8. The number of esters is 1. The summed E-state index contributed by atoms with van der Waals surface area (Å²) in [6.45, 7) is 3.04. The number of rotatable bonds is 12. The van der Waals surface area contributed by atoms with Gasteiger partial charge in [-0.2, -0.15) is 8.78 Å². The maximum Gasteiger partial charge on any atom is 0.306 e. The smallest absolute Gasteiger partial charge is 0.306 e. The third kappa shape index (κ3) is 9.55. The van der Waals surface area contributed by atoms with E-state index in [9.17, 15) is 13.6 Å². The number of hydrogen-bond acceptors (Lipinski definition) is 3. The van der Waals surface area contributed by atoms with Crippen LogP contribution in [0.2, 0.25) is 0 Å². The summed E-state index contributed by atoms with van der Waals surface area (Å²) in [5.41, 5.74) is 0. The Bertz CT molecular complexity index is 683. The molecular weight excluding hydrogens is 386 g/mol. The van der Waals surface area contributed by atoms with E-state index in [2.05, 4.69) is 12.2 Å². The molecule has 0 heterocycles. The summed E-state index contributed by atoms with van der Waals surface area (Å²) < 4.78 is 38.6. The van der Waals surface area contributed by atoms with E-state index in [0.717, 1.165) is 44.6 Å². The van der Waals surface area contributed by atoms with Crippen LogP contribution in [0.25, 0.3) is 0 Å². The van der Waals surface area contributed by atoms with Crippen molar-refractivity contribution in [2.24, 2.45) is 11.8 Å². The Labute approximate surface area is 179 Å². The molecule has 0 spiro atoms. The lowest BCUT2D eigenvalue weighted by Crippen LogP contribution is -2.23. The van der Waals surface area contributed by atoms with Crippen LogP contribution in [-0.2, 0) is 9.53 Å². The molecule has 0 aliphatic heterocycles. The Morgan fingerprint density at radius 3 is 2.70 bits per heavy atom. The molecule has 3 nitrogen and oxygen atoms in total. The molecule has 1 aromatic carbocycles. The van der Waals surface area contributed by atoms with Crippen molar-refractivity contribution in [3.8, 4) is 5.75 Å². The van der Waals surface area contributed by atoms with Gasteiger partial charge in [0.1, 0.15) is 5.75 Å². The molecule has 1 aliphatic carbocycles. The van der Waals surface area contributed by atoms with Crippen LogP contribution in [0.15, 0.2) is 54.6 Å². The van der Waals surface area contributed by atoms with E-state index in [0.29, 0.717) is 18.1 Å². The first-order valence-electron chi connectivity index (χ1n) is 11.0. The van der Waals surface area contributed by atoms with Crippen molar-refractivity contribution in [2.45, 2.75) is 70.8 Å². The zero-order valence-corrected chi connectivity index (χ0v) is 18.1. The highest BCUT2D eigenvalue weighted by molar-refractivity contribution is 5.69. The molecule has 0 aromatic heterocycles. The van der Waals surface area contributed by atoms with Gasteiger partial charge in [-0.05, 0) is 76.0 Å². The topological polar surface area (TPSA) is 35.5 Å². The van der Waals surface area contributed by atoms with E-state index in [1.165, 1.54) is 0 Å². The number of allylic oxidation sites excluding steroid dienone is 3. The summed E-state index contributed by atoms with van der Waals surface area (Å²) in [5, 5.41) is 0. The Morgan fingerprint density at radius 1 is 1.20 bits per heavy atom. The van der Waals surface area contributed by atoms with Gasteiger partial charge in [0.05, 0.1) is 6.10 Å². The van der Waals surface area contributed by atoms with Crippen LogP contribution in [-0.4, -0.2) is 24.6 Å². The number of carbonyl (C=O) groups is 1. The number of unbranched alkanes of at least 4 members (excludes halogenated alkanes) is 1. The number of carbonyl (C=O) groups excluding carboxylic acids is 1. The average Bonchev–Trinajstić information content (AvgIpc) is 3.15. The van der Waals surface area contributed by atoms with Crippen molar-refractivity contribution in [1.82, 2.24) is 0 Å². The second kappa shape index (κ2) is 12.5. The van der Waals surface area contributed by atoms with Crippen molar-refractivity contribution in [3.05, 3.63) is 54.6 Å². The molecule has 166 valence electrons. The van der Waals surface area contributed by atoms with Gasteiger partial charge >= 0.3 is 5.97 Å². The normalized spacial score (nSPS) is 19.8. The molecule has 0 saturated heterocycles. The molecule has 0 N–H and O–H groups in total. The lowest BCUT2D eigenvalue weighted by atomic mass is 9.92. The van der Waals surface area contributed by atoms with Crippen molar-refractivity contribution >= 4 is 5.97 Å². The van der Waals surface area contributed by atoms with Crippen molar-refractivity contribution in [1.29, 1.82) is 0 Å². The molecule has 0 unspecified atom stereocenters. The molecule has 1 saturated carbocycles. The molecule has 2 rings (SSSR count). The minimum Gasteiger partial charge on any atom is -0.487 e. The molecule has 1 aromatic rings. The minimum atomic E-state index is -2.98.